The van der Waals surface area contributed by atoms with Crippen molar-refractivity contribution in [1.82, 2.24) is 9.80 Å². The van der Waals surface area contributed by atoms with Crippen molar-refractivity contribution in [2.24, 2.45) is 11.3 Å². The van der Waals surface area contributed by atoms with Crippen LogP contribution >= 0.6 is 0 Å². The fourth-order valence-electron chi connectivity index (χ4n) is 4.62. The van der Waals surface area contributed by atoms with Gasteiger partial charge in [-0.1, -0.05) is 12.1 Å². The molecular formula is C20H28N2O3. The summed E-state index contributed by atoms with van der Waals surface area (Å²) in [5.41, 5.74) is 1.00. The van der Waals surface area contributed by atoms with Crippen LogP contribution in [0.4, 0.5) is 0 Å². The first-order valence-corrected chi connectivity index (χ1v) is 9.41. The molecule has 3 aliphatic rings. The number of hydrogen-bond donors (Lipinski definition) is 0. The molecule has 0 aromatic heterocycles. The SMILES string of the molecule is COc1cccc(CN2CC[C@]3(CCN(C[C@@H]4CCOC4)C3)C2=O)c1. The van der Waals surface area contributed by atoms with Crippen LogP contribution in [0.15, 0.2) is 24.3 Å². The third kappa shape index (κ3) is 3.40. The van der Waals surface area contributed by atoms with Gasteiger partial charge < -0.3 is 19.3 Å². The molecular weight excluding hydrogens is 316 g/mol. The maximum atomic E-state index is 13.1. The molecule has 5 nitrogen and oxygen atoms in total. The Morgan fingerprint density at radius 2 is 2.20 bits per heavy atom. The highest BCUT2D eigenvalue weighted by molar-refractivity contribution is 5.85. The van der Waals surface area contributed by atoms with Crippen molar-refractivity contribution in [3.05, 3.63) is 29.8 Å². The second kappa shape index (κ2) is 6.96. The van der Waals surface area contributed by atoms with E-state index in [0.717, 1.165) is 63.5 Å². The van der Waals surface area contributed by atoms with Gasteiger partial charge in [0.2, 0.25) is 5.91 Å². The maximum absolute atomic E-state index is 13.1. The first kappa shape index (κ1) is 16.9. The van der Waals surface area contributed by atoms with Gasteiger partial charge in [-0.25, -0.2) is 0 Å². The van der Waals surface area contributed by atoms with Gasteiger partial charge in [-0.2, -0.15) is 0 Å². The third-order valence-corrected chi connectivity index (χ3v) is 6.08. The second-order valence-corrected chi connectivity index (χ2v) is 7.82. The number of nitrogens with zero attached hydrogens (tertiary/aromatic N) is 2. The summed E-state index contributed by atoms with van der Waals surface area (Å²) in [4.78, 5) is 17.6. The Hall–Kier alpha value is -1.59. The van der Waals surface area contributed by atoms with E-state index in [-0.39, 0.29) is 5.41 Å². The van der Waals surface area contributed by atoms with Crippen LogP contribution in [0.5, 0.6) is 5.75 Å². The van der Waals surface area contributed by atoms with Crippen molar-refractivity contribution in [1.29, 1.82) is 0 Å². The van der Waals surface area contributed by atoms with Gasteiger partial charge in [0.1, 0.15) is 5.75 Å². The average Bonchev–Trinajstić information content (AvgIpc) is 3.35. The minimum atomic E-state index is -0.141. The van der Waals surface area contributed by atoms with E-state index in [1.165, 1.54) is 6.42 Å². The number of ether oxygens (including phenoxy) is 2. The molecule has 0 aliphatic carbocycles. The Bertz CT molecular complexity index is 629. The van der Waals surface area contributed by atoms with Crippen LogP contribution in [0.3, 0.4) is 0 Å². The molecule has 136 valence electrons. The molecule has 2 atom stereocenters. The number of rotatable bonds is 5. The molecule has 3 fully saturated rings. The largest absolute Gasteiger partial charge is 0.497 e. The lowest BCUT2D eigenvalue weighted by Crippen LogP contribution is -2.37. The summed E-state index contributed by atoms with van der Waals surface area (Å²) in [6.45, 7) is 6.41. The average molecular weight is 344 g/mol. The molecule has 1 spiro atoms. The van der Waals surface area contributed by atoms with Crippen molar-refractivity contribution in [3.63, 3.8) is 0 Å². The molecule has 3 saturated heterocycles. The van der Waals surface area contributed by atoms with Crippen LogP contribution in [0.1, 0.15) is 24.8 Å². The van der Waals surface area contributed by atoms with Crippen LogP contribution in [0.2, 0.25) is 0 Å². The molecule has 3 heterocycles. The molecule has 4 rings (SSSR count). The highest BCUT2D eigenvalue weighted by Crippen LogP contribution is 2.41. The Balaban J connectivity index is 1.37. The van der Waals surface area contributed by atoms with Crippen LogP contribution in [0.25, 0.3) is 0 Å². The van der Waals surface area contributed by atoms with E-state index >= 15 is 0 Å². The van der Waals surface area contributed by atoms with Crippen LogP contribution in [-0.2, 0) is 16.1 Å². The lowest BCUT2D eigenvalue weighted by Gasteiger charge is -2.25. The Labute approximate surface area is 149 Å². The number of carbonyl (C=O) groups excluding carboxylic acids is 1. The van der Waals surface area contributed by atoms with Crippen molar-refractivity contribution < 1.29 is 14.3 Å². The first-order valence-electron chi connectivity index (χ1n) is 9.41. The molecule has 0 radical (unpaired) electrons. The zero-order valence-electron chi connectivity index (χ0n) is 15.1. The normalized spacial score (nSPS) is 29.9. The quantitative estimate of drug-likeness (QED) is 0.821. The van der Waals surface area contributed by atoms with E-state index in [1.54, 1.807) is 7.11 Å². The Morgan fingerprint density at radius 3 is 3.00 bits per heavy atom. The highest BCUT2D eigenvalue weighted by atomic mass is 16.5. The maximum Gasteiger partial charge on any atom is 0.230 e. The standard InChI is InChI=1S/C20H28N2O3/c1-24-18-4-2-3-16(11-18)13-22-9-7-20(19(22)23)6-8-21(15-20)12-17-5-10-25-14-17/h2-4,11,17H,5-10,12-15H2,1H3/t17-,20-/m0/s1. The van der Waals surface area contributed by atoms with E-state index in [1.807, 2.05) is 23.1 Å². The lowest BCUT2D eigenvalue weighted by atomic mass is 9.85. The van der Waals surface area contributed by atoms with E-state index in [9.17, 15) is 4.79 Å². The number of benzene rings is 1. The topological polar surface area (TPSA) is 42.0 Å². The zero-order chi connectivity index (χ0) is 17.3. The van der Waals surface area contributed by atoms with Gasteiger partial charge in [-0.05, 0) is 49.4 Å². The number of hydrogen-bond acceptors (Lipinski definition) is 4. The summed E-state index contributed by atoms with van der Waals surface area (Å²) in [7, 11) is 1.68. The monoisotopic (exact) mass is 344 g/mol. The minimum absolute atomic E-state index is 0.141. The summed E-state index contributed by atoms with van der Waals surface area (Å²) in [5, 5.41) is 0. The number of amides is 1. The molecule has 0 unspecified atom stereocenters. The third-order valence-electron chi connectivity index (χ3n) is 6.08. The Kier molecular flexibility index (Phi) is 4.69. The predicted octanol–water partition coefficient (Wildman–Crippen LogP) is 2.16. The number of methoxy groups -OCH3 is 1. The predicted molar refractivity (Wildman–Crippen MR) is 95.4 cm³/mol. The van der Waals surface area contributed by atoms with Crippen molar-refractivity contribution in [2.45, 2.75) is 25.8 Å². The van der Waals surface area contributed by atoms with Crippen LogP contribution < -0.4 is 4.74 Å². The van der Waals surface area contributed by atoms with Gasteiger partial charge in [-0.15, -0.1) is 0 Å². The van der Waals surface area contributed by atoms with Crippen LogP contribution in [0, 0.1) is 11.3 Å². The van der Waals surface area contributed by atoms with Crippen molar-refractivity contribution >= 4 is 5.91 Å². The molecule has 3 aliphatic heterocycles. The molecule has 1 amide bonds. The van der Waals surface area contributed by atoms with Gasteiger partial charge in [0, 0.05) is 32.8 Å². The summed E-state index contributed by atoms with van der Waals surface area (Å²) in [5.74, 6) is 1.85. The van der Waals surface area contributed by atoms with Gasteiger partial charge in [0.05, 0.1) is 19.1 Å². The van der Waals surface area contributed by atoms with Gasteiger partial charge in [-0.3, -0.25) is 4.79 Å². The minimum Gasteiger partial charge on any atom is -0.497 e. The van der Waals surface area contributed by atoms with Crippen molar-refractivity contribution in [3.8, 4) is 5.75 Å². The molecule has 5 heteroatoms. The van der Waals surface area contributed by atoms with Gasteiger partial charge >= 0.3 is 0 Å². The van der Waals surface area contributed by atoms with E-state index in [0.29, 0.717) is 18.4 Å². The molecule has 0 saturated carbocycles. The molecule has 1 aromatic rings. The summed E-state index contributed by atoms with van der Waals surface area (Å²) >= 11 is 0. The van der Waals surface area contributed by atoms with Crippen LogP contribution in [-0.4, -0.2) is 62.2 Å². The first-order chi connectivity index (χ1) is 12.2. The highest BCUT2D eigenvalue weighted by Gasteiger charge is 2.50. The number of carbonyl (C=O) groups is 1. The molecule has 1 aromatic carbocycles. The summed E-state index contributed by atoms with van der Waals surface area (Å²) in [6.07, 6.45) is 3.17. The van der Waals surface area contributed by atoms with Gasteiger partial charge in [0.15, 0.2) is 0 Å². The Morgan fingerprint density at radius 1 is 1.32 bits per heavy atom. The summed E-state index contributed by atoms with van der Waals surface area (Å²) < 4.78 is 10.8. The fraction of sp³-hybridized carbons (Fsp3) is 0.650. The molecule has 0 bridgehead atoms. The van der Waals surface area contributed by atoms with E-state index < -0.39 is 0 Å². The lowest BCUT2D eigenvalue weighted by molar-refractivity contribution is -0.136. The second-order valence-electron chi connectivity index (χ2n) is 7.82. The molecule has 25 heavy (non-hydrogen) atoms. The van der Waals surface area contributed by atoms with E-state index in [2.05, 4.69) is 11.0 Å². The number of likely N-dealkylation sites (tertiary alicyclic amines) is 2. The van der Waals surface area contributed by atoms with Gasteiger partial charge in [0.25, 0.3) is 0 Å². The fourth-order valence-corrected chi connectivity index (χ4v) is 4.62. The smallest absolute Gasteiger partial charge is 0.230 e. The van der Waals surface area contributed by atoms with Crippen molar-refractivity contribution in [2.75, 3.05) is 46.5 Å². The summed E-state index contributed by atoms with van der Waals surface area (Å²) in [6, 6.07) is 8.03. The zero-order valence-corrected chi connectivity index (χ0v) is 15.1. The molecule has 0 N–H and O–H groups in total. The van der Waals surface area contributed by atoms with E-state index in [4.69, 9.17) is 9.47 Å².